The van der Waals surface area contributed by atoms with Gasteiger partial charge >= 0.3 is 0 Å². The molecule has 1 aliphatic rings. The first-order valence-corrected chi connectivity index (χ1v) is 11.3. The van der Waals surface area contributed by atoms with E-state index in [9.17, 15) is 10.1 Å². The van der Waals surface area contributed by atoms with E-state index in [0.717, 1.165) is 22.4 Å². The number of benzene rings is 3. The standard InChI is InChI=1S/C28H24N4O3/c1-19-14-27-25(17-21(19)15-20-4-6-23(7-5-20)32-11-3-10-30-32)28(33)31(12-13-35-27)24-8-9-26(34-2)22(16-24)18-29/h3-11,14,16-17H,12-13,15H2,1-2H3. The maximum atomic E-state index is 13.6. The van der Waals surface area contributed by atoms with Gasteiger partial charge in [0.25, 0.3) is 5.91 Å². The molecule has 1 aliphatic heterocycles. The van der Waals surface area contributed by atoms with Crippen LogP contribution in [-0.2, 0) is 6.42 Å². The molecule has 0 bridgehead atoms. The van der Waals surface area contributed by atoms with Gasteiger partial charge in [-0.15, -0.1) is 0 Å². The van der Waals surface area contributed by atoms with Gasteiger partial charge in [0.05, 0.1) is 30.5 Å². The van der Waals surface area contributed by atoms with Gasteiger partial charge in [0.1, 0.15) is 24.2 Å². The third-order valence-electron chi connectivity index (χ3n) is 6.20. The van der Waals surface area contributed by atoms with E-state index in [1.54, 1.807) is 29.3 Å². The van der Waals surface area contributed by atoms with Crippen LogP contribution in [0.1, 0.15) is 32.6 Å². The van der Waals surface area contributed by atoms with E-state index in [1.807, 2.05) is 48.1 Å². The highest BCUT2D eigenvalue weighted by Crippen LogP contribution is 2.32. The molecule has 5 rings (SSSR count). The summed E-state index contributed by atoms with van der Waals surface area (Å²) in [7, 11) is 1.52. The number of aromatic nitrogens is 2. The topological polar surface area (TPSA) is 80.4 Å². The van der Waals surface area contributed by atoms with Crippen molar-refractivity contribution in [3.05, 3.63) is 101 Å². The van der Waals surface area contributed by atoms with Gasteiger partial charge in [-0.3, -0.25) is 4.79 Å². The van der Waals surface area contributed by atoms with Gasteiger partial charge < -0.3 is 14.4 Å². The number of ether oxygens (including phenoxy) is 2. The summed E-state index contributed by atoms with van der Waals surface area (Å²) in [5, 5.41) is 13.7. The van der Waals surface area contributed by atoms with Gasteiger partial charge in [0.15, 0.2) is 0 Å². The predicted octanol–water partition coefficient (Wildman–Crippen LogP) is 4.69. The number of carbonyl (C=O) groups is 1. The minimum atomic E-state index is -0.151. The molecule has 0 unspecified atom stereocenters. The van der Waals surface area contributed by atoms with Gasteiger partial charge in [-0.1, -0.05) is 12.1 Å². The summed E-state index contributed by atoms with van der Waals surface area (Å²) in [5.41, 5.74) is 5.79. The van der Waals surface area contributed by atoms with E-state index in [-0.39, 0.29) is 5.91 Å². The molecule has 7 nitrogen and oxygen atoms in total. The Kier molecular flexibility index (Phi) is 5.94. The number of fused-ring (bicyclic) bond motifs is 1. The lowest BCUT2D eigenvalue weighted by Gasteiger charge is -2.21. The lowest BCUT2D eigenvalue weighted by molar-refractivity contribution is 0.0989. The fourth-order valence-corrected chi connectivity index (χ4v) is 4.30. The number of nitrogens with zero attached hydrogens (tertiary/aromatic N) is 4. The van der Waals surface area contributed by atoms with Crippen molar-refractivity contribution in [1.29, 1.82) is 5.26 Å². The highest BCUT2D eigenvalue weighted by Gasteiger charge is 2.26. The lowest BCUT2D eigenvalue weighted by Crippen LogP contribution is -2.32. The SMILES string of the molecule is COc1ccc(N2CCOc3cc(C)c(Cc4ccc(-n5cccn5)cc4)cc3C2=O)cc1C#N. The largest absolute Gasteiger partial charge is 0.495 e. The van der Waals surface area contributed by atoms with Crippen molar-refractivity contribution in [2.24, 2.45) is 0 Å². The Balaban J connectivity index is 1.44. The molecular weight excluding hydrogens is 440 g/mol. The third kappa shape index (κ3) is 4.34. The van der Waals surface area contributed by atoms with Gasteiger partial charge in [-0.2, -0.15) is 10.4 Å². The molecule has 0 N–H and O–H groups in total. The number of hydrogen-bond acceptors (Lipinski definition) is 5. The molecule has 7 heteroatoms. The van der Waals surface area contributed by atoms with Gasteiger partial charge in [-0.25, -0.2) is 4.68 Å². The van der Waals surface area contributed by atoms with E-state index >= 15 is 0 Å². The molecule has 0 spiro atoms. The lowest BCUT2D eigenvalue weighted by atomic mass is 9.97. The minimum Gasteiger partial charge on any atom is -0.495 e. The van der Waals surface area contributed by atoms with E-state index in [0.29, 0.717) is 47.9 Å². The second kappa shape index (κ2) is 9.35. The molecule has 1 amide bonds. The maximum absolute atomic E-state index is 13.6. The summed E-state index contributed by atoms with van der Waals surface area (Å²) in [5.74, 6) is 0.912. The average Bonchev–Trinajstić information content (AvgIpc) is 3.38. The van der Waals surface area contributed by atoms with Crippen molar-refractivity contribution < 1.29 is 14.3 Å². The van der Waals surface area contributed by atoms with Crippen LogP contribution in [0.15, 0.2) is 73.1 Å². The van der Waals surface area contributed by atoms with Crippen molar-refractivity contribution in [2.45, 2.75) is 13.3 Å². The first kappa shape index (κ1) is 22.2. The van der Waals surface area contributed by atoms with Crippen LogP contribution < -0.4 is 14.4 Å². The Morgan fingerprint density at radius 2 is 1.91 bits per heavy atom. The fraction of sp³-hybridized carbons (Fsp3) is 0.179. The van der Waals surface area contributed by atoms with Crippen LogP contribution in [0.5, 0.6) is 11.5 Å². The van der Waals surface area contributed by atoms with Crippen LogP contribution in [-0.4, -0.2) is 35.9 Å². The van der Waals surface area contributed by atoms with Crippen LogP contribution >= 0.6 is 0 Å². The molecule has 2 heterocycles. The summed E-state index contributed by atoms with van der Waals surface area (Å²) in [6, 6.07) is 21.3. The van der Waals surface area contributed by atoms with Crippen LogP contribution in [0.3, 0.4) is 0 Å². The van der Waals surface area contributed by atoms with E-state index in [4.69, 9.17) is 9.47 Å². The highest BCUT2D eigenvalue weighted by atomic mass is 16.5. The molecule has 0 radical (unpaired) electrons. The molecule has 0 atom stereocenters. The summed E-state index contributed by atoms with van der Waals surface area (Å²) in [6.07, 6.45) is 4.35. The second-order valence-electron chi connectivity index (χ2n) is 8.37. The van der Waals surface area contributed by atoms with E-state index < -0.39 is 0 Å². The van der Waals surface area contributed by atoms with Gasteiger partial charge in [0, 0.05) is 18.1 Å². The molecule has 0 aliphatic carbocycles. The monoisotopic (exact) mass is 464 g/mol. The predicted molar refractivity (Wildman–Crippen MR) is 132 cm³/mol. The molecule has 174 valence electrons. The minimum absolute atomic E-state index is 0.151. The molecule has 35 heavy (non-hydrogen) atoms. The number of nitriles is 1. The number of hydrogen-bond donors (Lipinski definition) is 0. The third-order valence-corrected chi connectivity index (χ3v) is 6.20. The van der Waals surface area contributed by atoms with E-state index in [2.05, 4.69) is 23.3 Å². The zero-order chi connectivity index (χ0) is 24.4. The summed E-state index contributed by atoms with van der Waals surface area (Å²) >= 11 is 0. The number of rotatable bonds is 5. The second-order valence-corrected chi connectivity index (χ2v) is 8.37. The van der Waals surface area contributed by atoms with Crippen molar-refractivity contribution >= 4 is 11.6 Å². The molecule has 3 aromatic carbocycles. The quantitative estimate of drug-likeness (QED) is 0.428. The molecule has 4 aromatic rings. The molecule has 0 fully saturated rings. The van der Waals surface area contributed by atoms with Gasteiger partial charge in [0.2, 0.25) is 0 Å². The summed E-state index contributed by atoms with van der Waals surface area (Å²) < 4.78 is 13.0. The molecular formula is C28H24N4O3. The summed E-state index contributed by atoms with van der Waals surface area (Å²) in [4.78, 5) is 15.3. The van der Waals surface area contributed by atoms with Crippen molar-refractivity contribution in [2.75, 3.05) is 25.2 Å². The average molecular weight is 465 g/mol. The fourth-order valence-electron chi connectivity index (χ4n) is 4.30. The van der Waals surface area contributed by atoms with Crippen LogP contribution in [0.2, 0.25) is 0 Å². The van der Waals surface area contributed by atoms with Gasteiger partial charge in [-0.05, 0) is 78.6 Å². The van der Waals surface area contributed by atoms with Crippen molar-refractivity contribution in [3.63, 3.8) is 0 Å². The molecule has 0 saturated carbocycles. The maximum Gasteiger partial charge on any atom is 0.262 e. The normalized spacial score (nSPS) is 12.9. The summed E-state index contributed by atoms with van der Waals surface area (Å²) in [6.45, 7) is 2.78. The highest BCUT2D eigenvalue weighted by molar-refractivity contribution is 6.08. The van der Waals surface area contributed by atoms with E-state index in [1.165, 1.54) is 7.11 Å². The Hall–Kier alpha value is -4.57. The van der Waals surface area contributed by atoms with Crippen molar-refractivity contribution in [3.8, 4) is 23.3 Å². The number of amides is 1. The van der Waals surface area contributed by atoms with Crippen LogP contribution in [0.25, 0.3) is 5.69 Å². The molecule has 0 saturated heterocycles. The first-order valence-electron chi connectivity index (χ1n) is 11.3. The Morgan fingerprint density at radius 1 is 1.11 bits per heavy atom. The Morgan fingerprint density at radius 3 is 2.63 bits per heavy atom. The number of methoxy groups -OCH3 is 1. The number of anilines is 1. The zero-order valence-electron chi connectivity index (χ0n) is 19.6. The molecule has 1 aromatic heterocycles. The smallest absolute Gasteiger partial charge is 0.262 e. The van der Waals surface area contributed by atoms with Crippen molar-refractivity contribution in [1.82, 2.24) is 9.78 Å². The Labute approximate surface area is 203 Å². The first-order chi connectivity index (χ1) is 17.1. The number of aryl methyl sites for hydroxylation is 1. The van der Waals surface area contributed by atoms with Crippen LogP contribution in [0, 0.1) is 18.3 Å². The Bertz CT molecular complexity index is 1420. The van der Waals surface area contributed by atoms with Crippen LogP contribution in [0.4, 0.5) is 5.69 Å². The number of carbonyl (C=O) groups excluding carboxylic acids is 1. The zero-order valence-corrected chi connectivity index (χ0v) is 19.6.